The third kappa shape index (κ3) is 1.53. The third-order valence-corrected chi connectivity index (χ3v) is 3.36. The van der Waals surface area contributed by atoms with Gasteiger partial charge in [0.15, 0.2) is 0 Å². The van der Waals surface area contributed by atoms with Gasteiger partial charge in [-0.1, -0.05) is 41.6 Å². The molecule has 0 saturated heterocycles. The summed E-state index contributed by atoms with van der Waals surface area (Å²) < 4.78 is 0. The zero-order valence-corrected chi connectivity index (χ0v) is 9.64. The summed E-state index contributed by atoms with van der Waals surface area (Å²) in [7, 11) is 0. The van der Waals surface area contributed by atoms with Crippen LogP contribution in [0.4, 0.5) is 0 Å². The summed E-state index contributed by atoms with van der Waals surface area (Å²) in [4.78, 5) is 0. The second kappa shape index (κ2) is 3.74. The van der Waals surface area contributed by atoms with E-state index in [-0.39, 0.29) is 0 Å². The van der Waals surface area contributed by atoms with Crippen LogP contribution in [0.15, 0.2) is 47.6 Å². The van der Waals surface area contributed by atoms with Crippen LogP contribution < -0.4 is 0 Å². The Hall–Kier alpha value is -2.09. The second-order valence-electron chi connectivity index (χ2n) is 4.39. The van der Waals surface area contributed by atoms with Gasteiger partial charge in [0.05, 0.1) is 5.71 Å². The Morgan fingerprint density at radius 3 is 2.65 bits per heavy atom. The van der Waals surface area contributed by atoms with E-state index in [0.29, 0.717) is 5.71 Å². The van der Waals surface area contributed by atoms with E-state index in [2.05, 4.69) is 41.6 Å². The fraction of sp³-hybridized carbons (Fsp3) is 0.133. The Bertz CT molecular complexity index is 614. The number of oxime groups is 1. The fourth-order valence-corrected chi connectivity index (χ4v) is 2.43. The van der Waals surface area contributed by atoms with Crippen molar-refractivity contribution < 1.29 is 5.21 Å². The van der Waals surface area contributed by atoms with Gasteiger partial charge in [-0.2, -0.15) is 0 Å². The van der Waals surface area contributed by atoms with Gasteiger partial charge in [-0.15, -0.1) is 0 Å². The zero-order chi connectivity index (χ0) is 11.8. The van der Waals surface area contributed by atoms with Crippen molar-refractivity contribution in [1.29, 1.82) is 0 Å². The largest absolute Gasteiger partial charge is 0.411 e. The molecule has 2 nitrogen and oxygen atoms in total. The Labute approximate surface area is 100 Å². The minimum Gasteiger partial charge on any atom is -0.411 e. The van der Waals surface area contributed by atoms with Crippen molar-refractivity contribution in [1.82, 2.24) is 0 Å². The predicted octanol–water partition coefficient (Wildman–Crippen LogP) is 3.46. The Morgan fingerprint density at radius 1 is 1.06 bits per heavy atom. The lowest BCUT2D eigenvalue weighted by Crippen LogP contribution is -1.95. The monoisotopic (exact) mass is 223 g/mol. The average molecular weight is 223 g/mol. The molecule has 84 valence electrons. The van der Waals surface area contributed by atoms with E-state index in [4.69, 9.17) is 5.21 Å². The van der Waals surface area contributed by atoms with Crippen molar-refractivity contribution in [3.05, 3.63) is 59.2 Å². The minimum absolute atomic E-state index is 0.656. The maximum Gasteiger partial charge on any atom is 0.0837 e. The van der Waals surface area contributed by atoms with Gasteiger partial charge in [0.25, 0.3) is 0 Å². The molecule has 0 aliphatic heterocycles. The molecule has 0 amide bonds. The van der Waals surface area contributed by atoms with Gasteiger partial charge in [0, 0.05) is 0 Å². The summed E-state index contributed by atoms with van der Waals surface area (Å²) in [6.45, 7) is 1.81. The molecular weight excluding hydrogens is 210 g/mol. The summed E-state index contributed by atoms with van der Waals surface area (Å²) in [5.41, 5.74) is 6.95. The number of hydrogen-bond donors (Lipinski definition) is 1. The zero-order valence-electron chi connectivity index (χ0n) is 9.64. The molecule has 0 radical (unpaired) electrons. The Kier molecular flexibility index (Phi) is 2.22. The standard InChI is InChI=1S/C15H13NO/c1-10(16-17)11-6-7-15-13(8-11)9-12-4-2-3-5-14(12)15/h2-8,17H,9H2,1H3/b16-10+. The van der Waals surface area contributed by atoms with E-state index in [1.54, 1.807) is 0 Å². The van der Waals surface area contributed by atoms with E-state index in [1.165, 1.54) is 22.3 Å². The van der Waals surface area contributed by atoms with Crippen molar-refractivity contribution >= 4 is 5.71 Å². The Morgan fingerprint density at radius 2 is 1.82 bits per heavy atom. The van der Waals surface area contributed by atoms with Crippen LogP contribution in [-0.4, -0.2) is 10.9 Å². The highest BCUT2D eigenvalue weighted by molar-refractivity contribution is 5.99. The van der Waals surface area contributed by atoms with Crippen LogP contribution in [0.25, 0.3) is 11.1 Å². The van der Waals surface area contributed by atoms with Gasteiger partial charge in [-0.05, 0) is 47.2 Å². The van der Waals surface area contributed by atoms with E-state index in [9.17, 15) is 0 Å². The molecule has 0 bridgehead atoms. The minimum atomic E-state index is 0.656. The van der Waals surface area contributed by atoms with E-state index < -0.39 is 0 Å². The molecule has 0 atom stereocenters. The van der Waals surface area contributed by atoms with Gasteiger partial charge in [-0.3, -0.25) is 0 Å². The molecule has 0 unspecified atom stereocenters. The first-order chi connectivity index (χ1) is 8.29. The van der Waals surface area contributed by atoms with Crippen molar-refractivity contribution in [3.8, 4) is 11.1 Å². The molecule has 0 aromatic heterocycles. The van der Waals surface area contributed by atoms with E-state index >= 15 is 0 Å². The van der Waals surface area contributed by atoms with Crippen LogP contribution in [0.5, 0.6) is 0 Å². The molecular formula is C15H13NO. The normalized spacial score (nSPS) is 13.4. The highest BCUT2D eigenvalue weighted by Gasteiger charge is 2.18. The molecule has 1 aliphatic carbocycles. The van der Waals surface area contributed by atoms with Crippen molar-refractivity contribution in [2.45, 2.75) is 13.3 Å². The highest BCUT2D eigenvalue weighted by atomic mass is 16.4. The maximum absolute atomic E-state index is 8.80. The molecule has 0 saturated carbocycles. The first kappa shape index (κ1) is 10.1. The lowest BCUT2D eigenvalue weighted by molar-refractivity contribution is 0.319. The lowest BCUT2D eigenvalue weighted by atomic mass is 10.0. The van der Waals surface area contributed by atoms with Crippen LogP contribution in [0.3, 0.4) is 0 Å². The third-order valence-electron chi connectivity index (χ3n) is 3.36. The van der Waals surface area contributed by atoms with E-state index in [1.807, 2.05) is 13.0 Å². The summed E-state index contributed by atoms with van der Waals surface area (Å²) in [6.07, 6.45) is 0.970. The molecule has 0 spiro atoms. The van der Waals surface area contributed by atoms with E-state index in [0.717, 1.165) is 12.0 Å². The molecule has 17 heavy (non-hydrogen) atoms. The quantitative estimate of drug-likeness (QED) is 0.382. The van der Waals surface area contributed by atoms with Gasteiger partial charge in [0.2, 0.25) is 0 Å². The first-order valence-corrected chi connectivity index (χ1v) is 5.70. The number of hydrogen-bond acceptors (Lipinski definition) is 2. The SMILES string of the molecule is C/C(=N\O)c1ccc2c(c1)Cc1ccccc1-2. The molecule has 0 heterocycles. The summed E-state index contributed by atoms with van der Waals surface area (Å²) in [5, 5.41) is 12.0. The Balaban J connectivity index is 2.13. The maximum atomic E-state index is 8.80. The predicted molar refractivity (Wildman–Crippen MR) is 68.7 cm³/mol. The number of rotatable bonds is 1. The van der Waals surface area contributed by atoms with Crippen molar-refractivity contribution in [3.63, 3.8) is 0 Å². The lowest BCUT2D eigenvalue weighted by Gasteiger charge is -2.03. The van der Waals surface area contributed by atoms with Crippen LogP contribution in [0, 0.1) is 0 Å². The number of fused-ring (bicyclic) bond motifs is 3. The van der Waals surface area contributed by atoms with Crippen LogP contribution in [-0.2, 0) is 6.42 Å². The van der Waals surface area contributed by atoms with Crippen molar-refractivity contribution in [2.75, 3.05) is 0 Å². The smallest absolute Gasteiger partial charge is 0.0837 e. The first-order valence-electron chi connectivity index (χ1n) is 5.70. The topological polar surface area (TPSA) is 32.6 Å². The van der Waals surface area contributed by atoms with Crippen LogP contribution in [0.2, 0.25) is 0 Å². The van der Waals surface area contributed by atoms with Gasteiger partial charge in [0.1, 0.15) is 0 Å². The van der Waals surface area contributed by atoms with Gasteiger partial charge in [-0.25, -0.2) is 0 Å². The molecule has 3 rings (SSSR count). The molecule has 0 fully saturated rings. The summed E-state index contributed by atoms with van der Waals surface area (Å²) >= 11 is 0. The summed E-state index contributed by atoms with van der Waals surface area (Å²) in [6, 6.07) is 14.7. The van der Waals surface area contributed by atoms with Gasteiger partial charge >= 0.3 is 0 Å². The fourth-order valence-electron chi connectivity index (χ4n) is 2.43. The summed E-state index contributed by atoms with van der Waals surface area (Å²) in [5.74, 6) is 0. The van der Waals surface area contributed by atoms with Crippen molar-refractivity contribution in [2.24, 2.45) is 5.16 Å². The highest BCUT2D eigenvalue weighted by Crippen LogP contribution is 2.36. The number of nitrogens with zero attached hydrogens (tertiary/aromatic N) is 1. The molecule has 2 aromatic carbocycles. The molecule has 2 aromatic rings. The van der Waals surface area contributed by atoms with Crippen LogP contribution in [0.1, 0.15) is 23.6 Å². The van der Waals surface area contributed by atoms with Gasteiger partial charge < -0.3 is 5.21 Å². The second-order valence-corrected chi connectivity index (χ2v) is 4.39. The van der Waals surface area contributed by atoms with Crippen LogP contribution >= 0.6 is 0 Å². The number of benzene rings is 2. The molecule has 1 aliphatic rings. The molecule has 2 heteroatoms. The average Bonchev–Trinajstić information content (AvgIpc) is 2.75. The molecule has 1 N–H and O–H groups in total.